The maximum Gasteiger partial charge on any atom is 0.151 e. The van der Waals surface area contributed by atoms with E-state index in [9.17, 15) is 9.90 Å². The lowest BCUT2D eigenvalue weighted by Gasteiger charge is -2.42. The van der Waals surface area contributed by atoms with Gasteiger partial charge in [-0.05, 0) is 32.3 Å². The van der Waals surface area contributed by atoms with Crippen LogP contribution >= 0.6 is 0 Å². The van der Waals surface area contributed by atoms with Gasteiger partial charge in [-0.15, -0.1) is 0 Å². The van der Waals surface area contributed by atoms with Gasteiger partial charge in [-0.2, -0.15) is 0 Å². The fourth-order valence-corrected chi connectivity index (χ4v) is 2.38. The van der Waals surface area contributed by atoms with Crippen LogP contribution in [-0.4, -0.2) is 16.5 Å². The topological polar surface area (TPSA) is 37.3 Å². The first-order chi connectivity index (χ1) is 8.24. The van der Waals surface area contributed by atoms with Gasteiger partial charge in [0.05, 0.1) is 5.92 Å². The molecule has 0 aromatic carbocycles. The van der Waals surface area contributed by atoms with E-state index in [-0.39, 0.29) is 17.1 Å². The molecule has 2 atom stereocenters. The predicted molar refractivity (Wildman–Crippen MR) is 74.0 cm³/mol. The van der Waals surface area contributed by atoms with E-state index < -0.39 is 5.60 Å². The van der Waals surface area contributed by atoms with E-state index in [4.69, 9.17) is 0 Å². The first-order valence-electron chi connectivity index (χ1n) is 6.69. The summed E-state index contributed by atoms with van der Waals surface area (Å²) in [5.41, 5.74) is -0.469. The van der Waals surface area contributed by atoms with Crippen molar-refractivity contribution in [3.05, 3.63) is 11.6 Å². The van der Waals surface area contributed by atoms with Crippen LogP contribution in [0, 0.1) is 23.2 Å². The Kier molecular flexibility index (Phi) is 4.40. The van der Waals surface area contributed by atoms with Crippen molar-refractivity contribution in [3.8, 4) is 11.8 Å². The van der Waals surface area contributed by atoms with E-state index in [1.807, 2.05) is 33.8 Å². The van der Waals surface area contributed by atoms with Crippen LogP contribution in [-0.2, 0) is 4.79 Å². The summed E-state index contributed by atoms with van der Waals surface area (Å²) in [4.78, 5) is 11.5. The van der Waals surface area contributed by atoms with Crippen molar-refractivity contribution in [3.63, 3.8) is 0 Å². The number of hydrogen-bond donors (Lipinski definition) is 1. The Labute approximate surface area is 110 Å². The molecule has 1 aliphatic carbocycles. The summed E-state index contributed by atoms with van der Waals surface area (Å²) < 4.78 is 0. The molecule has 0 heterocycles. The highest BCUT2D eigenvalue weighted by Crippen LogP contribution is 2.43. The highest BCUT2D eigenvalue weighted by atomic mass is 16.3. The van der Waals surface area contributed by atoms with Gasteiger partial charge < -0.3 is 5.11 Å². The first-order valence-corrected chi connectivity index (χ1v) is 6.69. The third kappa shape index (κ3) is 2.67. The zero-order valence-corrected chi connectivity index (χ0v) is 12.1. The molecule has 0 spiro atoms. The smallest absolute Gasteiger partial charge is 0.151 e. The average Bonchev–Trinajstić information content (AvgIpc) is 2.32. The molecule has 2 nitrogen and oxygen atoms in total. The van der Waals surface area contributed by atoms with E-state index in [0.717, 1.165) is 18.4 Å². The van der Waals surface area contributed by atoms with E-state index >= 15 is 0 Å². The zero-order chi connectivity index (χ0) is 14.0. The summed E-state index contributed by atoms with van der Waals surface area (Å²) in [6, 6.07) is 0. The number of rotatable bonds is 2. The van der Waals surface area contributed by atoms with Crippen LogP contribution in [0.2, 0.25) is 0 Å². The van der Waals surface area contributed by atoms with Gasteiger partial charge in [-0.3, -0.25) is 4.79 Å². The second kappa shape index (κ2) is 5.28. The fourth-order valence-electron chi connectivity index (χ4n) is 2.38. The molecule has 2 heteroatoms. The lowest BCUT2D eigenvalue weighted by Crippen LogP contribution is -2.46. The maximum absolute atomic E-state index is 11.5. The summed E-state index contributed by atoms with van der Waals surface area (Å²) in [6.45, 7) is 9.62. The first kappa shape index (κ1) is 15.0. The highest BCUT2D eigenvalue weighted by molar-refractivity contribution is 5.83. The van der Waals surface area contributed by atoms with E-state index in [1.165, 1.54) is 0 Å². The number of ketones is 1. The van der Waals surface area contributed by atoms with Gasteiger partial charge in [0.15, 0.2) is 5.60 Å². The summed E-state index contributed by atoms with van der Waals surface area (Å²) in [7, 11) is 0. The average molecular weight is 248 g/mol. The van der Waals surface area contributed by atoms with Gasteiger partial charge in [-0.1, -0.05) is 38.7 Å². The van der Waals surface area contributed by atoms with Gasteiger partial charge in [0, 0.05) is 11.8 Å². The molecule has 2 unspecified atom stereocenters. The van der Waals surface area contributed by atoms with Crippen molar-refractivity contribution in [2.45, 2.75) is 59.5 Å². The fraction of sp³-hybridized carbons (Fsp3) is 0.688. The third-order valence-electron chi connectivity index (χ3n) is 4.07. The standard InChI is InChI=1S/C16H24O2/c1-6-14(17)12(2)9-11-16(18)13(3)8-7-10-15(16,4)5/h8,12,18H,6-7,10H2,1-5H3. The van der Waals surface area contributed by atoms with E-state index in [0.29, 0.717) is 6.42 Å². The summed E-state index contributed by atoms with van der Waals surface area (Å²) in [6.07, 6.45) is 4.43. The number of aliphatic hydroxyl groups is 1. The van der Waals surface area contributed by atoms with Gasteiger partial charge >= 0.3 is 0 Å². The van der Waals surface area contributed by atoms with Crippen LogP contribution in [0.5, 0.6) is 0 Å². The van der Waals surface area contributed by atoms with Crippen LogP contribution in [0.3, 0.4) is 0 Å². The lowest BCUT2D eigenvalue weighted by molar-refractivity contribution is -0.120. The zero-order valence-electron chi connectivity index (χ0n) is 12.1. The minimum atomic E-state index is -1.10. The number of hydrogen-bond acceptors (Lipinski definition) is 2. The molecule has 1 aliphatic rings. The second-order valence-corrected chi connectivity index (χ2v) is 5.83. The minimum absolute atomic E-state index is 0.126. The Balaban J connectivity index is 3.06. The van der Waals surface area contributed by atoms with Crippen LogP contribution < -0.4 is 0 Å². The van der Waals surface area contributed by atoms with Crippen molar-refractivity contribution in [2.75, 3.05) is 0 Å². The summed E-state index contributed by atoms with van der Waals surface area (Å²) in [5, 5.41) is 10.8. The van der Waals surface area contributed by atoms with Crippen molar-refractivity contribution in [1.29, 1.82) is 0 Å². The SMILES string of the molecule is CCC(=O)C(C)C#CC1(O)C(C)=CCCC1(C)C. The molecule has 0 aliphatic heterocycles. The Hall–Kier alpha value is -1.07. The van der Waals surface area contributed by atoms with Crippen molar-refractivity contribution < 1.29 is 9.90 Å². The van der Waals surface area contributed by atoms with Gasteiger partial charge in [0.1, 0.15) is 5.78 Å². The van der Waals surface area contributed by atoms with Gasteiger partial charge in [0.25, 0.3) is 0 Å². The molecular formula is C16H24O2. The molecular weight excluding hydrogens is 224 g/mol. The number of Topliss-reactive ketones (excluding diaryl/α,β-unsaturated/α-hetero) is 1. The molecule has 0 aromatic heterocycles. The monoisotopic (exact) mass is 248 g/mol. The third-order valence-corrected chi connectivity index (χ3v) is 4.07. The van der Waals surface area contributed by atoms with E-state index in [1.54, 1.807) is 6.92 Å². The minimum Gasteiger partial charge on any atom is -0.373 e. The van der Waals surface area contributed by atoms with Crippen LogP contribution in [0.15, 0.2) is 11.6 Å². The molecule has 0 saturated heterocycles. The molecule has 18 heavy (non-hydrogen) atoms. The maximum atomic E-state index is 11.5. The Morgan fingerprint density at radius 1 is 1.56 bits per heavy atom. The van der Waals surface area contributed by atoms with Crippen molar-refractivity contribution >= 4 is 5.78 Å². The van der Waals surface area contributed by atoms with Crippen molar-refractivity contribution in [1.82, 2.24) is 0 Å². The predicted octanol–water partition coefficient (Wildman–Crippen LogP) is 3.10. The van der Waals surface area contributed by atoms with Crippen molar-refractivity contribution in [2.24, 2.45) is 11.3 Å². The van der Waals surface area contributed by atoms with Crippen LogP contribution in [0.25, 0.3) is 0 Å². The molecule has 0 bridgehead atoms. The van der Waals surface area contributed by atoms with E-state index in [2.05, 4.69) is 11.8 Å². The van der Waals surface area contributed by atoms with Gasteiger partial charge in [-0.25, -0.2) is 0 Å². The number of carbonyl (C=O) groups excluding carboxylic acids is 1. The lowest BCUT2D eigenvalue weighted by atomic mass is 9.65. The summed E-state index contributed by atoms with van der Waals surface area (Å²) >= 11 is 0. The van der Waals surface area contributed by atoms with Crippen LogP contribution in [0.4, 0.5) is 0 Å². The molecule has 100 valence electrons. The number of allylic oxidation sites excluding steroid dienone is 1. The molecule has 0 radical (unpaired) electrons. The second-order valence-electron chi connectivity index (χ2n) is 5.83. The Morgan fingerprint density at radius 2 is 2.17 bits per heavy atom. The summed E-state index contributed by atoms with van der Waals surface area (Å²) in [5.74, 6) is 5.73. The largest absolute Gasteiger partial charge is 0.373 e. The molecule has 0 amide bonds. The molecule has 1 rings (SSSR count). The molecule has 0 fully saturated rings. The Morgan fingerprint density at radius 3 is 2.67 bits per heavy atom. The highest BCUT2D eigenvalue weighted by Gasteiger charge is 2.45. The number of carbonyl (C=O) groups is 1. The quantitative estimate of drug-likeness (QED) is 0.602. The molecule has 0 saturated carbocycles. The van der Waals surface area contributed by atoms with Gasteiger partial charge in [0.2, 0.25) is 0 Å². The Bertz CT molecular complexity index is 420. The molecule has 0 aromatic rings. The normalized spacial score (nSPS) is 27.8. The van der Waals surface area contributed by atoms with Crippen LogP contribution in [0.1, 0.15) is 53.9 Å². The molecule has 1 N–H and O–H groups in total.